The number of methoxy groups -OCH3 is 1. The zero-order valence-corrected chi connectivity index (χ0v) is 12.6. The van der Waals surface area contributed by atoms with Gasteiger partial charge in [-0.2, -0.15) is 0 Å². The van der Waals surface area contributed by atoms with Crippen molar-refractivity contribution in [3.8, 4) is 0 Å². The molecule has 1 aromatic rings. The largest absolute Gasteiger partial charge is 0.378 e. The van der Waals surface area contributed by atoms with E-state index in [1.165, 1.54) is 11.3 Å². The molecule has 1 fully saturated rings. The Balaban J connectivity index is 2.10. The summed E-state index contributed by atoms with van der Waals surface area (Å²) in [6.07, 6.45) is 3.16. The smallest absolute Gasteiger partial charge is 0.186 e. The summed E-state index contributed by atoms with van der Waals surface area (Å²) in [5.41, 5.74) is 0.747. The molecule has 0 atom stereocenters. The number of carbonyl (C=O) groups is 1. The van der Waals surface area contributed by atoms with Gasteiger partial charge in [-0.15, -0.1) is 0 Å². The first kappa shape index (κ1) is 14.4. The summed E-state index contributed by atoms with van der Waals surface area (Å²) in [6, 6.07) is 0.511. The molecule has 2 rings (SSSR count). The van der Waals surface area contributed by atoms with Gasteiger partial charge in [-0.05, 0) is 33.0 Å². The normalized spacial score (nSPS) is 17.6. The van der Waals surface area contributed by atoms with Crippen LogP contribution >= 0.6 is 11.3 Å². The Morgan fingerprint density at radius 1 is 1.53 bits per heavy atom. The molecule has 0 spiro atoms. The van der Waals surface area contributed by atoms with Crippen LogP contribution in [0.1, 0.15) is 28.2 Å². The van der Waals surface area contributed by atoms with Crippen LogP contribution in [0.25, 0.3) is 0 Å². The number of thiazole rings is 1. The van der Waals surface area contributed by atoms with E-state index in [4.69, 9.17) is 4.74 Å². The number of piperidine rings is 1. The minimum atomic E-state index is 0.395. The van der Waals surface area contributed by atoms with Crippen LogP contribution in [0.15, 0.2) is 0 Å². The van der Waals surface area contributed by atoms with Gasteiger partial charge in [0.05, 0.1) is 17.2 Å². The zero-order valence-electron chi connectivity index (χ0n) is 11.8. The van der Waals surface area contributed by atoms with Crippen LogP contribution in [0.3, 0.4) is 0 Å². The van der Waals surface area contributed by atoms with Crippen LogP contribution in [0.5, 0.6) is 0 Å². The maximum absolute atomic E-state index is 11.0. The number of likely N-dealkylation sites (tertiary alicyclic amines) is 1. The van der Waals surface area contributed by atoms with Crippen molar-refractivity contribution >= 4 is 22.8 Å². The third-order valence-corrected chi connectivity index (χ3v) is 4.76. The highest BCUT2D eigenvalue weighted by Gasteiger charge is 2.23. The van der Waals surface area contributed by atoms with Gasteiger partial charge in [0.15, 0.2) is 11.4 Å². The monoisotopic (exact) mass is 283 g/mol. The minimum absolute atomic E-state index is 0.395. The van der Waals surface area contributed by atoms with E-state index in [0.29, 0.717) is 17.5 Å². The molecule has 19 heavy (non-hydrogen) atoms. The molecule has 5 nitrogen and oxygen atoms in total. The molecule has 1 saturated heterocycles. The molecule has 0 aromatic carbocycles. The van der Waals surface area contributed by atoms with E-state index in [9.17, 15) is 4.79 Å². The second-order valence-electron chi connectivity index (χ2n) is 5.00. The lowest BCUT2D eigenvalue weighted by molar-refractivity contribution is 0.112. The van der Waals surface area contributed by atoms with Gasteiger partial charge in [0.1, 0.15) is 0 Å². The van der Waals surface area contributed by atoms with Gasteiger partial charge in [0.25, 0.3) is 0 Å². The van der Waals surface area contributed by atoms with Crippen molar-refractivity contribution in [2.75, 3.05) is 39.2 Å². The third-order valence-electron chi connectivity index (χ3n) is 3.64. The first-order valence-electron chi connectivity index (χ1n) is 6.51. The van der Waals surface area contributed by atoms with E-state index < -0.39 is 0 Å². The van der Waals surface area contributed by atoms with Crippen molar-refractivity contribution in [2.45, 2.75) is 25.5 Å². The van der Waals surface area contributed by atoms with Crippen LogP contribution in [0.2, 0.25) is 0 Å². The Kier molecular flexibility index (Phi) is 4.90. The second kappa shape index (κ2) is 6.45. The van der Waals surface area contributed by atoms with Crippen molar-refractivity contribution in [2.24, 2.45) is 0 Å². The predicted molar refractivity (Wildman–Crippen MR) is 77.1 cm³/mol. The highest BCUT2D eigenvalue weighted by atomic mass is 32.1. The van der Waals surface area contributed by atoms with E-state index in [2.05, 4.69) is 28.9 Å². The average Bonchev–Trinajstić information content (AvgIpc) is 2.82. The van der Waals surface area contributed by atoms with Crippen LogP contribution in [0.4, 0.5) is 5.13 Å². The molecule has 2 heterocycles. The lowest BCUT2D eigenvalue weighted by Gasteiger charge is -2.34. The van der Waals surface area contributed by atoms with Gasteiger partial charge >= 0.3 is 0 Å². The fourth-order valence-electron chi connectivity index (χ4n) is 2.37. The second-order valence-corrected chi connectivity index (χ2v) is 6.01. The summed E-state index contributed by atoms with van der Waals surface area (Å²) in [5.74, 6) is 0. The van der Waals surface area contributed by atoms with Crippen molar-refractivity contribution < 1.29 is 9.53 Å². The molecule has 0 aliphatic carbocycles. The Hall–Kier alpha value is -0.980. The molecule has 1 aliphatic rings. The summed E-state index contributed by atoms with van der Waals surface area (Å²) in [7, 11) is 5.84. The Morgan fingerprint density at radius 3 is 2.79 bits per heavy atom. The number of hydrogen-bond acceptors (Lipinski definition) is 6. The molecule has 0 N–H and O–H groups in total. The highest BCUT2D eigenvalue weighted by Crippen LogP contribution is 2.28. The lowest BCUT2D eigenvalue weighted by Crippen LogP contribution is -2.41. The molecule has 1 aliphatic heterocycles. The van der Waals surface area contributed by atoms with Gasteiger partial charge < -0.3 is 14.5 Å². The minimum Gasteiger partial charge on any atom is -0.378 e. The lowest BCUT2D eigenvalue weighted by atomic mass is 10.0. The number of anilines is 1. The molecule has 6 heteroatoms. The number of nitrogens with zero attached hydrogens (tertiary/aromatic N) is 3. The maximum Gasteiger partial charge on any atom is 0.186 e. The highest BCUT2D eigenvalue weighted by molar-refractivity contribution is 7.17. The van der Waals surface area contributed by atoms with Crippen LogP contribution in [-0.4, -0.2) is 56.5 Å². The van der Waals surface area contributed by atoms with E-state index in [-0.39, 0.29) is 0 Å². The number of aromatic nitrogens is 1. The molecular formula is C13H21N3O2S. The number of ether oxygens (including phenoxy) is 1. The molecular weight excluding hydrogens is 262 g/mol. The SMILES string of the molecule is COCc1nc(N(C)C2CCN(C)CC2)sc1C=O. The van der Waals surface area contributed by atoms with Crippen LogP contribution in [0, 0.1) is 0 Å². The van der Waals surface area contributed by atoms with E-state index in [1.807, 2.05) is 0 Å². The van der Waals surface area contributed by atoms with Gasteiger partial charge in [-0.1, -0.05) is 11.3 Å². The van der Waals surface area contributed by atoms with Crippen molar-refractivity contribution in [1.29, 1.82) is 0 Å². The van der Waals surface area contributed by atoms with Gasteiger partial charge in [-0.25, -0.2) is 4.98 Å². The van der Waals surface area contributed by atoms with Crippen molar-refractivity contribution in [3.05, 3.63) is 10.6 Å². The van der Waals surface area contributed by atoms with Crippen LogP contribution in [-0.2, 0) is 11.3 Å². The fraction of sp³-hybridized carbons (Fsp3) is 0.692. The average molecular weight is 283 g/mol. The Bertz CT molecular complexity index is 428. The van der Waals surface area contributed by atoms with Crippen molar-refractivity contribution in [3.63, 3.8) is 0 Å². The van der Waals surface area contributed by atoms with Gasteiger partial charge in [-0.3, -0.25) is 4.79 Å². The Labute approximate surface area is 118 Å². The van der Waals surface area contributed by atoms with Gasteiger partial charge in [0, 0.05) is 20.2 Å². The predicted octanol–water partition coefficient (Wildman–Crippen LogP) is 1.63. The van der Waals surface area contributed by atoms with Gasteiger partial charge in [0.2, 0.25) is 0 Å². The molecule has 0 amide bonds. The molecule has 0 radical (unpaired) electrons. The first-order valence-corrected chi connectivity index (χ1v) is 7.32. The molecule has 0 bridgehead atoms. The fourth-order valence-corrected chi connectivity index (χ4v) is 3.29. The summed E-state index contributed by atoms with van der Waals surface area (Å²) in [6.45, 7) is 2.63. The first-order chi connectivity index (χ1) is 9.15. The zero-order chi connectivity index (χ0) is 13.8. The van der Waals surface area contributed by atoms with E-state index in [1.54, 1.807) is 7.11 Å². The third kappa shape index (κ3) is 3.32. The number of hydrogen-bond donors (Lipinski definition) is 0. The van der Waals surface area contributed by atoms with E-state index in [0.717, 1.165) is 43.0 Å². The standard InChI is InChI=1S/C13H21N3O2S/c1-15-6-4-10(5-7-15)16(2)13-14-11(9-18-3)12(8-17)19-13/h8,10H,4-7,9H2,1-3H3. The van der Waals surface area contributed by atoms with Crippen molar-refractivity contribution in [1.82, 2.24) is 9.88 Å². The maximum atomic E-state index is 11.0. The Morgan fingerprint density at radius 2 is 2.21 bits per heavy atom. The number of aldehydes is 1. The summed E-state index contributed by atoms with van der Waals surface area (Å²) < 4.78 is 5.08. The summed E-state index contributed by atoms with van der Waals surface area (Å²) >= 11 is 1.46. The number of rotatable bonds is 5. The molecule has 0 saturated carbocycles. The quantitative estimate of drug-likeness (QED) is 0.769. The summed E-state index contributed by atoms with van der Waals surface area (Å²) in [5, 5.41) is 0.920. The van der Waals surface area contributed by atoms with E-state index >= 15 is 0 Å². The van der Waals surface area contributed by atoms with Crippen LogP contribution < -0.4 is 4.90 Å². The summed E-state index contributed by atoms with van der Waals surface area (Å²) in [4.78, 5) is 20.8. The molecule has 106 valence electrons. The molecule has 0 unspecified atom stereocenters. The topological polar surface area (TPSA) is 45.7 Å². The number of carbonyl (C=O) groups excluding carboxylic acids is 1. The molecule has 1 aromatic heterocycles.